The molecule has 0 aliphatic carbocycles. The Morgan fingerprint density at radius 1 is 1.25 bits per heavy atom. The SMILES string of the molecule is N#CCNc1nc(Cl)nc(Cl)n1. The number of rotatable bonds is 2. The van der Waals surface area contributed by atoms with Crippen LogP contribution in [-0.4, -0.2) is 21.5 Å². The number of nitrogens with zero attached hydrogens (tertiary/aromatic N) is 4. The molecule has 0 radical (unpaired) electrons. The number of aromatic nitrogens is 3. The normalized spacial score (nSPS) is 9.08. The van der Waals surface area contributed by atoms with Gasteiger partial charge in [-0.1, -0.05) is 0 Å². The first-order chi connectivity index (χ1) is 5.72. The minimum absolute atomic E-state index is 0.00422. The van der Waals surface area contributed by atoms with E-state index in [1.807, 2.05) is 6.07 Å². The maximum atomic E-state index is 8.22. The van der Waals surface area contributed by atoms with Gasteiger partial charge in [0.05, 0.1) is 6.07 Å². The minimum atomic E-state index is -0.00422. The third kappa shape index (κ3) is 2.49. The second-order valence-corrected chi connectivity index (χ2v) is 2.38. The lowest BCUT2D eigenvalue weighted by atomic mass is 10.7. The highest BCUT2D eigenvalue weighted by Gasteiger charge is 2.00. The lowest BCUT2D eigenvalue weighted by Crippen LogP contribution is -2.04. The third-order valence-corrected chi connectivity index (χ3v) is 1.24. The van der Waals surface area contributed by atoms with Crippen molar-refractivity contribution in [1.29, 1.82) is 5.26 Å². The Morgan fingerprint density at radius 3 is 2.33 bits per heavy atom. The van der Waals surface area contributed by atoms with Crippen LogP contribution in [0.15, 0.2) is 0 Å². The van der Waals surface area contributed by atoms with Crippen molar-refractivity contribution in [2.45, 2.75) is 0 Å². The zero-order valence-corrected chi connectivity index (χ0v) is 7.26. The summed E-state index contributed by atoms with van der Waals surface area (Å²) in [5.41, 5.74) is 0. The molecule has 0 fully saturated rings. The molecular formula is C5H3Cl2N5. The molecule has 0 spiro atoms. The van der Waals surface area contributed by atoms with Crippen molar-refractivity contribution in [2.24, 2.45) is 0 Å². The molecule has 1 aromatic rings. The van der Waals surface area contributed by atoms with Gasteiger partial charge in [0, 0.05) is 0 Å². The van der Waals surface area contributed by atoms with Crippen LogP contribution in [0.1, 0.15) is 0 Å². The van der Waals surface area contributed by atoms with E-state index < -0.39 is 0 Å². The van der Waals surface area contributed by atoms with Gasteiger partial charge in [-0.05, 0) is 23.2 Å². The summed E-state index contributed by atoms with van der Waals surface area (Å²) >= 11 is 10.9. The van der Waals surface area contributed by atoms with Gasteiger partial charge < -0.3 is 5.32 Å². The predicted molar refractivity (Wildman–Crippen MR) is 43.9 cm³/mol. The third-order valence-electron chi connectivity index (χ3n) is 0.906. The molecule has 0 aliphatic heterocycles. The van der Waals surface area contributed by atoms with Gasteiger partial charge >= 0.3 is 0 Å². The quantitative estimate of drug-likeness (QED) is 0.730. The molecule has 0 saturated heterocycles. The highest BCUT2D eigenvalue weighted by molar-refractivity contribution is 6.31. The Labute approximate surface area is 78.4 Å². The summed E-state index contributed by atoms with van der Waals surface area (Å²) in [5.74, 6) is 0.196. The average Bonchev–Trinajstić information content (AvgIpc) is 1.99. The van der Waals surface area contributed by atoms with Crippen molar-refractivity contribution in [1.82, 2.24) is 15.0 Å². The Kier molecular flexibility index (Phi) is 3.02. The van der Waals surface area contributed by atoms with Gasteiger partial charge in [-0.2, -0.15) is 20.2 Å². The Morgan fingerprint density at radius 2 is 1.83 bits per heavy atom. The van der Waals surface area contributed by atoms with E-state index in [9.17, 15) is 0 Å². The van der Waals surface area contributed by atoms with Gasteiger partial charge in [0.1, 0.15) is 6.54 Å². The molecule has 0 atom stereocenters. The van der Waals surface area contributed by atoms with Crippen molar-refractivity contribution < 1.29 is 0 Å². The molecule has 5 nitrogen and oxygen atoms in total. The summed E-state index contributed by atoms with van der Waals surface area (Å²) in [6.45, 7) is 0.0939. The molecule has 1 N–H and O–H groups in total. The van der Waals surface area contributed by atoms with Crippen LogP contribution in [0.2, 0.25) is 10.6 Å². The molecular weight excluding hydrogens is 201 g/mol. The van der Waals surface area contributed by atoms with Crippen molar-refractivity contribution in [3.05, 3.63) is 10.6 Å². The number of anilines is 1. The van der Waals surface area contributed by atoms with Crippen LogP contribution in [0, 0.1) is 11.3 Å². The molecule has 1 aromatic heterocycles. The van der Waals surface area contributed by atoms with Gasteiger partial charge in [-0.3, -0.25) is 0 Å². The van der Waals surface area contributed by atoms with Crippen LogP contribution in [0.4, 0.5) is 5.95 Å². The molecule has 1 heterocycles. The van der Waals surface area contributed by atoms with Gasteiger partial charge in [-0.25, -0.2) is 0 Å². The second kappa shape index (κ2) is 4.04. The van der Waals surface area contributed by atoms with Gasteiger partial charge in [0.15, 0.2) is 0 Å². The van der Waals surface area contributed by atoms with E-state index in [-0.39, 0.29) is 23.1 Å². The van der Waals surface area contributed by atoms with E-state index in [0.29, 0.717) is 0 Å². The maximum Gasteiger partial charge on any atom is 0.229 e. The van der Waals surface area contributed by atoms with Crippen LogP contribution in [0.25, 0.3) is 0 Å². The lowest BCUT2D eigenvalue weighted by molar-refractivity contribution is 1.03. The van der Waals surface area contributed by atoms with E-state index in [1.54, 1.807) is 0 Å². The predicted octanol–water partition coefficient (Wildman–Crippen LogP) is 1.11. The summed E-state index contributed by atoms with van der Waals surface area (Å²) in [5, 5.41) is 10.8. The van der Waals surface area contributed by atoms with E-state index in [1.165, 1.54) is 0 Å². The van der Waals surface area contributed by atoms with E-state index in [4.69, 9.17) is 28.5 Å². The van der Waals surface area contributed by atoms with Crippen LogP contribution >= 0.6 is 23.2 Å². The Bertz CT molecular complexity index is 300. The minimum Gasteiger partial charge on any atom is -0.341 e. The average molecular weight is 204 g/mol. The number of hydrogen-bond donors (Lipinski definition) is 1. The molecule has 62 valence electrons. The molecule has 0 amide bonds. The Balaban J connectivity index is 2.80. The van der Waals surface area contributed by atoms with Crippen molar-refractivity contribution in [2.75, 3.05) is 11.9 Å². The van der Waals surface area contributed by atoms with Crippen LogP contribution in [0.5, 0.6) is 0 Å². The summed E-state index contributed by atoms with van der Waals surface area (Å²) in [7, 11) is 0. The molecule has 1 rings (SSSR count). The molecule has 7 heteroatoms. The molecule has 12 heavy (non-hydrogen) atoms. The van der Waals surface area contributed by atoms with Crippen LogP contribution < -0.4 is 5.32 Å². The molecule has 0 unspecified atom stereocenters. The highest BCUT2D eigenvalue weighted by atomic mass is 35.5. The number of hydrogen-bond acceptors (Lipinski definition) is 5. The first kappa shape index (κ1) is 8.97. The topological polar surface area (TPSA) is 74.5 Å². The van der Waals surface area contributed by atoms with Crippen LogP contribution in [-0.2, 0) is 0 Å². The lowest BCUT2D eigenvalue weighted by Gasteiger charge is -1.98. The zero-order chi connectivity index (χ0) is 8.97. The van der Waals surface area contributed by atoms with Gasteiger partial charge in [0.25, 0.3) is 0 Å². The monoisotopic (exact) mass is 203 g/mol. The van der Waals surface area contributed by atoms with Crippen molar-refractivity contribution >= 4 is 29.2 Å². The first-order valence-electron chi connectivity index (χ1n) is 2.90. The number of nitrogens with one attached hydrogen (secondary N) is 1. The van der Waals surface area contributed by atoms with Gasteiger partial charge in [-0.15, -0.1) is 0 Å². The molecule has 0 bridgehead atoms. The van der Waals surface area contributed by atoms with Crippen molar-refractivity contribution in [3.8, 4) is 6.07 Å². The summed E-state index contributed by atoms with van der Waals surface area (Å²) in [4.78, 5) is 10.9. The number of nitriles is 1. The molecule has 0 saturated carbocycles. The first-order valence-corrected chi connectivity index (χ1v) is 3.66. The second-order valence-electron chi connectivity index (χ2n) is 1.71. The smallest absolute Gasteiger partial charge is 0.229 e. The number of halogens is 2. The largest absolute Gasteiger partial charge is 0.341 e. The van der Waals surface area contributed by atoms with E-state index in [2.05, 4.69) is 20.3 Å². The summed E-state index contributed by atoms with van der Waals surface area (Å²) < 4.78 is 0. The fourth-order valence-corrected chi connectivity index (χ4v) is 0.887. The van der Waals surface area contributed by atoms with Gasteiger partial charge in [0.2, 0.25) is 16.5 Å². The summed E-state index contributed by atoms with van der Waals surface area (Å²) in [6, 6.07) is 1.86. The van der Waals surface area contributed by atoms with E-state index >= 15 is 0 Å². The van der Waals surface area contributed by atoms with Crippen molar-refractivity contribution in [3.63, 3.8) is 0 Å². The molecule has 0 aliphatic rings. The van der Waals surface area contributed by atoms with E-state index in [0.717, 1.165) is 0 Å². The Hall–Kier alpha value is -1.12. The molecule has 0 aromatic carbocycles. The summed E-state index contributed by atoms with van der Waals surface area (Å²) in [6.07, 6.45) is 0. The zero-order valence-electron chi connectivity index (χ0n) is 5.75. The maximum absolute atomic E-state index is 8.22. The fourth-order valence-electron chi connectivity index (χ4n) is 0.524. The highest BCUT2D eigenvalue weighted by Crippen LogP contribution is 2.08. The fraction of sp³-hybridized carbons (Fsp3) is 0.200. The standard InChI is InChI=1S/C5H3Cl2N5/c6-3-10-4(7)12-5(11-3)9-2-1-8/h2H2,(H,9,10,11,12). The van der Waals surface area contributed by atoms with Crippen LogP contribution in [0.3, 0.4) is 0 Å².